The number of ether oxygens (including phenoxy) is 2. The SMILES string of the molecule is CCc1nc(CCOc2ccc(OC)cc2)sc1C(C)=O. The van der Waals surface area contributed by atoms with Gasteiger partial charge < -0.3 is 9.47 Å². The molecular formula is C16H19NO3S. The van der Waals surface area contributed by atoms with Gasteiger partial charge in [-0.2, -0.15) is 0 Å². The topological polar surface area (TPSA) is 48.4 Å². The van der Waals surface area contributed by atoms with Crippen LogP contribution in [-0.2, 0) is 12.8 Å². The third-order valence-corrected chi connectivity index (χ3v) is 4.30. The van der Waals surface area contributed by atoms with Gasteiger partial charge in [0, 0.05) is 13.3 Å². The molecule has 1 aromatic carbocycles. The largest absolute Gasteiger partial charge is 0.497 e. The Hall–Kier alpha value is -1.88. The summed E-state index contributed by atoms with van der Waals surface area (Å²) in [5.74, 6) is 1.70. The molecule has 0 aliphatic heterocycles. The highest BCUT2D eigenvalue weighted by Crippen LogP contribution is 2.21. The van der Waals surface area contributed by atoms with E-state index in [0.717, 1.165) is 33.5 Å². The molecule has 0 fully saturated rings. The summed E-state index contributed by atoms with van der Waals surface area (Å²) in [5, 5.41) is 0.950. The van der Waals surface area contributed by atoms with E-state index >= 15 is 0 Å². The fourth-order valence-electron chi connectivity index (χ4n) is 1.95. The molecule has 0 unspecified atom stereocenters. The van der Waals surface area contributed by atoms with Crippen LogP contribution in [-0.4, -0.2) is 24.5 Å². The fourth-order valence-corrected chi connectivity index (χ4v) is 2.98. The summed E-state index contributed by atoms with van der Waals surface area (Å²) < 4.78 is 10.8. The highest BCUT2D eigenvalue weighted by atomic mass is 32.1. The van der Waals surface area contributed by atoms with Crippen molar-refractivity contribution in [2.24, 2.45) is 0 Å². The van der Waals surface area contributed by atoms with E-state index in [9.17, 15) is 4.79 Å². The zero-order valence-electron chi connectivity index (χ0n) is 12.5. The molecule has 5 heteroatoms. The standard InChI is InChI=1S/C16H19NO3S/c1-4-14-16(11(2)18)21-15(17-14)9-10-20-13-7-5-12(19-3)6-8-13/h5-8H,4,9-10H2,1-3H3. The Labute approximate surface area is 128 Å². The van der Waals surface area contributed by atoms with Crippen molar-refractivity contribution in [3.63, 3.8) is 0 Å². The van der Waals surface area contributed by atoms with Crippen LogP contribution in [0.1, 0.15) is 34.2 Å². The zero-order chi connectivity index (χ0) is 15.2. The molecule has 21 heavy (non-hydrogen) atoms. The number of methoxy groups -OCH3 is 1. The molecule has 0 aliphatic carbocycles. The fraction of sp³-hybridized carbons (Fsp3) is 0.375. The lowest BCUT2D eigenvalue weighted by atomic mass is 10.2. The van der Waals surface area contributed by atoms with Gasteiger partial charge in [-0.3, -0.25) is 4.79 Å². The molecule has 0 atom stereocenters. The van der Waals surface area contributed by atoms with Crippen molar-refractivity contribution in [1.82, 2.24) is 4.98 Å². The number of thiazole rings is 1. The predicted octanol–water partition coefficient (Wildman–Crippen LogP) is 3.54. The van der Waals surface area contributed by atoms with E-state index < -0.39 is 0 Å². The minimum atomic E-state index is 0.0895. The van der Waals surface area contributed by atoms with Crippen LogP contribution in [0, 0.1) is 0 Å². The lowest BCUT2D eigenvalue weighted by Gasteiger charge is -2.05. The Kier molecular flexibility index (Phi) is 5.33. The number of hydrogen-bond acceptors (Lipinski definition) is 5. The number of benzene rings is 1. The molecule has 0 bridgehead atoms. The summed E-state index contributed by atoms with van der Waals surface area (Å²) in [6.07, 6.45) is 1.49. The lowest BCUT2D eigenvalue weighted by molar-refractivity contribution is 0.102. The molecule has 0 saturated carbocycles. The molecule has 0 spiro atoms. The monoisotopic (exact) mass is 305 g/mol. The molecule has 0 saturated heterocycles. The van der Waals surface area contributed by atoms with Crippen LogP contribution in [0.25, 0.3) is 0 Å². The highest BCUT2D eigenvalue weighted by molar-refractivity contribution is 7.13. The zero-order valence-corrected chi connectivity index (χ0v) is 13.3. The molecular weight excluding hydrogens is 286 g/mol. The Morgan fingerprint density at radius 1 is 1.24 bits per heavy atom. The Morgan fingerprint density at radius 3 is 2.43 bits per heavy atom. The van der Waals surface area contributed by atoms with Crippen LogP contribution in [0.2, 0.25) is 0 Å². The van der Waals surface area contributed by atoms with Crippen LogP contribution < -0.4 is 9.47 Å². The van der Waals surface area contributed by atoms with E-state index in [1.54, 1.807) is 14.0 Å². The Balaban J connectivity index is 1.92. The molecule has 1 heterocycles. The quantitative estimate of drug-likeness (QED) is 0.734. The van der Waals surface area contributed by atoms with Gasteiger partial charge in [0.1, 0.15) is 11.5 Å². The van der Waals surface area contributed by atoms with E-state index in [-0.39, 0.29) is 5.78 Å². The first-order valence-electron chi connectivity index (χ1n) is 6.90. The average Bonchev–Trinajstić information content (AvgIpc) is 2.91. The number of ketones is 1. The molecule has 0 aliphatic rings. The second-order valence-corrected chi connectivity index (χ2v) is 5.65. The normalized spacial score (nSPS) is 10.4. The van der Waals surface area contributed by atoms with Crippen molar-refractivity contribution in [3.8, 4) is 11.5 Å². The number of aryl methyl sites for hydroxylation is 1. The first-order valence-corrected chi connectivity index (χ1v) is 7.72. The van der Waals surface area contributed by atoms with Crippen LogP contribution in [0.4, 0.5) is 0 Å². The highest BCUT2D eigenvalue weighted by Gasteiger charge is 2.13. The average molecular weight is 305 g/mol. The molecule has 112 valence electrons. The Bertz CT molecular complexity index is 604. The molecule has 0 N–H and O–H groups in total. The summed E-state index contributed by atoms with van der Waals surface area (Å²) in [5.41, 5.74) is 0.895. The van der Waals surface area contributed by atoms with Crippen molar-refractivity contribution in [3.05, 3.63) is 39.8 Å². The van der Waals surface area contributed by atoms with Crippen LogP contribution in [0.3, 0.4) is 0 Å². The minimum Gasteiger partial charge on any atom is -0.497 e. The smallest absolute Gasteiger partial charge is 0.171 e. The van der Waals surface area contributed by atoms with E-state index in [4.69, 9.17) is 9.47 Å². The summed E-state index contributed by atoms with van der Waals surface area (Å²) in [4.78, 5) is 16.8. The summed E-state index contributed by atoms with van der Waals surface area (Å²) in [6.45, 7) is 4.14. The van der Waals surface area contributed by atoms with Gasteiger partial charge in [-0.25, -0.2) is 4.98 Å². The van der Waals surface area contributed by atoms with Crippen LogP contribution >= 0.6 is 11.3 Å². The maximum Gasteiger partial charge on any atom is 0.171 e. The van der Waals surface area contributed by atoms with Gasteiger partial charge in [-0.15, -0.1) is 11.3 Å². The number of Topliss-reactive ketones (excluding diaryl/α,β-unsaturated/α-hetero) is 1. The van der Waals surface area contributed by atoms with Gasteiger partial charge in [0.25, 0.3) is 0 Å². The third kappa shape index (κ3) is 4.04. The number of hydrogen-bond donors (Lipinski definition) is 0. The van der Waals surface area contributed by atoms with Crippen molar-refractivity contribution in [1.29, 1.82) is 0 Å². The number of rotatable bonds is 7. The number of aromatic nitrogens is 1. The molecule has 0 radical (unpaired) electrons. The molecule has 2 rings (SSSR count). The lowest BCUT2D eigenvalue weighted by Crippen LogP contribution is -2.01. The molecule has 0 amide bonds. The third-order valence-electron chi connectivity index (χ3n) is 3.04. The Morgan fingerprint density at radius 2 is 1.90 bits per heavy atom. The molecule has 2 aromatic rings. The van der Waals surface area contributed by atoms with Gasteiger partial charge in [0.15, 0.2) is 5.78 Å². The number of carbonyl (C=O) groups is 1. The van der Waals surface area contributed by atoms with Gasteiger partial charge in [-0.05, 0) is 30.7 Å². The molecule has 4 nitrogen and oxygen atoms in total. The van der Waals surface area contributed by atoms with E-state index in [1.165, 1.54) is 11.3 Å². The molecule has 1 aromatic heterocycles. The predicted molar refractivity (Wildman–Crippen MR) is 83.7 cm³/mol. The maximum atomic E-state index is 11.5. The van der Waals surface area contributed by atoms with Gasteiger partial charge >= 0.3 is 0 Å². The van der Waals surface area contributed by atoms with Crippen molar-refractivity contribution < 1.29 is 14.3 Å². The summed E-state index contributed by atoms with van der Waals surface area (Å²) in [6, 6.07) is 7.47. The van der Waals surface area contributed by atoms with E-state index in [2.05, 4.69) is 4.98 Å². The van der Waals surface area contributed by atoms with Gasteiger partial charge in [0.05, 0.1) is 29.3 Å². The van der Waals surface area contributed by atoms with Gasteiger partial charge in [0.2, 0.25) is 0 Å². The van der Waals surface area contributed by atoms with Crippen molar-refractivity contribution in [2.75, 3.05) is 13.7 Å². The van der Waals surface area contributed by atoms with Gasteiger partial charge in [-0.1, -0.05) is 6.92 Å². The maximum absolute atomic E-state index is 11.5. The van der Waals surface area contributed by atoms with Crippen molar-refractivity contribution >= 4 is 17.1 Å². The first kappa shape index (κ1) is 15.5. The minimum absolute atomic E-state index is 0.0895. The first-order chi connectivity index (χ1) is 10.1. The summed E-state index contributed by atoms with van der Waals surface area (Å²) in [7, 11) is 1.64. The van der Waals surface area contributed by atoms with E-state index in [1.807, 2.05) is 31.2 Å². The number of nitrogens with zero attached hydrogens (tertiary/aromatic N) is 1. The second kappa shape index (κ2) is 7.22. The van der Waals surface area contributed by atoms with Crippen LogP contribution in [0.15, 0.2) is 24.3 Å². The van der Waals surface area contributed by atoms with Crippen molar-refractivity contribution in [2.45, 2.75) is 26.7 Å². The van der Waals surface area contributed by atoms with E-state index in [0.29, 0.717) is 13.0 Å². The van der Waals surface area contributed by atoms with Crippen LogP contribution in [0.5, 0.6) is 11.5 Å². The number of carbonyl (C=O) groups excluding carboxylic acids is 1. The summed E-state index contributed by atoms with van der Waals surface area (Å²) >= 11 is 1.47. The second-order valence-electron chi connectivity index (χ2n) is 4.57.